The number of fused-ring (bicyclic) bond motifs is 1. The number of nitrogens with zero attached hydrogens (tertiary/aromatic N) is 1. The van der Waals surface area contributed by atoms with Gasteiger partial charge in [-0.1, -0.05) is 0 Å². The third kappa shape index (κ3) is 5.18. The second-order valence-corrected chi connectivity index (χ2v) is 5.80. The molecule has 0 aliphatic carbocycles. The highest BCUT2D eigenvalue weighted by molar-refractivity contribution is 6.05. The van der Waals surface area contributed by atoms with E-state index in [1.807, 2.05) is 6.92 Å². The molecule has 8 nitrogen and oxygen atoms in total. The maximum atomic E-state index is 12.2. The van der Waals surface area contributed by atoms with Crippen LogP contribution in [-0.4, -0.2) is 56.0 Å². The van der Waals surface area contributed by atoms with Crippen LogP contribution in [0.15, 0.2) is 12.1 Å². The number of carbonyl (C=O) groups is 3. The molecule has 1 aromatic carbocycles. The van der Waals surface area contributed by atoms with E-state index in [9.17, 15) is 14.4 Å². The fourth-order valence-electron chi connectivity index (χ4n) is 2.43. The molecule has 1 aliphatic heterocycles. The van der Waals surface area contributed by atoms with Crippen molar-refractivity contribution in [3.63, 3.8) is 0 Å². The molecule has 1 aliphatic rings. The molecule has 0 saturated heterocycles. The molecule has 0 aromatic heterocycles. The molecule has 0 saturated carbocycles. The number of Topliss-reactive ketones (excluding diaryl/α,β-unsaturated/α-hetero) is 1. The molecule has 2 N–H and O–H groups in total. The number of anilines is 1. The Bertz CT molecular complexity index is 674. The number of likely N-dealkylation sites (N-methyl/N-ethyl adjacent to an activating group) is 1. The number of rotatable bonds is 8. The third-order valence-corrected chi connectivity index (χ3v) is 3.67. The van der Waals surface area contributed by atoms with E-state index in [4.69, 9.17) is 9.47 Å². The SMILES string of the molecule is CCNC(=O)CCN(C)CC(=O)Nc1cc2c(cc1C(C)=O)OCO2. The number of amides is 2. The van der Waals surface area contributed by atoms with Crippen molar-refractivity contribution in [2.75, 3.05) is 38.8 Å². The van der Waals surface area contributed by atoms with Gasteiger partial charge in [-0.3, -0.25) is 19.3 Å². The summed E-state index contributed by atoms with van der Waals surface area (Å²) in [6, 6.07) is 3.16. The first-order valence-electron chi connectivity index (χ1n) is 8.10. The Balaban J connectivity index is 1.96. The third-order valence-electron chi connectivity index (χ3n) is 3.67. The van der Waals surface area contributed by atoms with Gasteiger partial charge in [-0.25, -0.2) is 0 Å². The minimum Gasteiger partial charge on any atom is -0.454 e. The quantitative estimate of drug-likeness (QED) is 0.680. The molecule has 0 spiro atoms. The van der Waals surface area contributed by atoms with Gasteiger partial charge in [0.05, 0.1) is 12.2 Å². The Kier molecular flexibility index (Phi) is 6.35. The van der Waals surface area contributed by atoms with Crippen molar-refractivity contribution in [1.29, 1.82) is 0 Å². The average Bonchev–Trinajstić information content (AvgIpc) is 2.99. The number of nitrogens with one attached hydrogen (secondary N) is 2. The maximum Gasteiger partial charge on any atom is 0.238 e. The maximum absolute atomic E-state index is 12.2. The summed E-state index contributed by atoms with van der Waals surface area (Å²) in [6.45, 7) is 4.51. The van der Waals surface area contributed by atoms with Crippen molar-refractivity contribution in [2.24, 2.45) is 0 Å². The molecule has 0 fully saturated rings. The summed E-state index contributed by atoms with van der Waals surface area (Å²) in [5.74, 6) is 0.467. The first-order valence-corrected chi connectivity index (χ1v) is 8.10. The average molecular weight is 349 g/mol. The predicted octanol–water partition coefficient (Wildman–Crippen LogP) is 1.01. The highest BCUT2D eigenvalue weighted by Crippen LogP contribution is 2.37. The summed E-state index contributed by atoms with van der Waals surface area (Å²) in [7, 11) is 1.75. The number of hydrogen-bond donors (Lipinski definition) is 2. The largest absolute Gasteiger partial charge is 0.454 e. The van der Waals surface area contributed by atoms with E-state index >= 15 is 0 Å². The van der Waals surface area contributed by atoms with Crippen LogP contribution in [0.1, 0.15) is 30.6 Å². The summed E-state index contributed by atoms with van der Waals surface area (Å²) in [4.78, 5) is 37.2. The van der Waals surface area contributed by atoms with Crippen molar-refractivity contribution >= 4 is 23.3 Å². The van der Waals surface area contributed by atoms with Gasteiger partial charge >= 0.3 is 0 Å². The van der Waals surface area contributed by atoms with E-state index in [-0.39, 0.29) is 30.9 Å². The standard InChI is InChI=1S/C17H23N3O5/c1-4-18-16(22)5-6-20(3)9-17(23)19-13-8-15-14(24-10-25-15)7-12(13)11(2)21/h7-8H,4-6,9-10H2,1-3H3,(H,18,22)(H,19,23). The van der Waals surface area contributed by atoms with Gasteiger partial charge in [0, 0.05) is 31.1 Å². The van der Waals surface area contributed by atoms with E-state index in [1.165, 1.54) is 6.92 Å². The molecule has 2 rings (SSSR count). The van der Waals surface area contributed by atoms with Crippen LogP contribution in [0.2, 0.25) is 0 Å². The molecule has 0 atom stereocenters. The summed E-state index contributed by atoms with van der Waals surface area (Å²) in [5.41, 5.74) is 0.751. The normalized spacial score (nSPS) is 12.2. The summed E-state index contributed by atoms with van der Waals surface area (Å²) < 4.78 is 10.5. The molecule has 8 heteroatoms. The van der Waals surface area contributed by atoms with Crippen molar-refractivity contribution in [3.05, 3.63) is 17.7 Å². The fraction of sp³-hybridized carbons (Fsp3) is 0.471. The number of hydrogen-bond acceptors (Lipinski definition) is 6. The number of ether oxygens (including phenoxy) is 2. The van der Waals surface area contributed by atoms with E-state index in [1.54, 1.807) is 24.1 Å². The lowest BCUT2D eigenvalue weighted by Crippen LogP contribution is -2.34. The Labute approximate surface area is 146 Å². The van der Waals surface area contributed by atoms with Gasteiger partial charge in [-0.15, -0.1) is 0 Å². The van der Waals surface area contributed by atoms with E-state index in [0.29, 0.717) is 42.3 Å². The molecule has 25 heavy (non-hydrogen) atoms. The van der Waals surface area contributed by atoms with Gasteiger partial charge in [-0.2, -0.15) is 0 Å². The topological polar surface area (TPSA) is 97.0 Å². The van der Waals surface area contributed by atoms with Crippen molar-refractivity contribution in [3.8, 4) is 11.5 Å². The van der Waals surface area contributed by atoms with Gasteiger partial charge in [0.15, 0.2) is 17.3 Å². The summed E-state index contributed by atoms with van der Waals surface area (Å²) in [5, 5.41) is 5.44. The van der Waals surface area contributed by atoms with Gasteiger partial charge in [0.2, 0.25) is 18.6 Å². The van der Waals surface area contributed by atoms with Crippen LogP contribution in [0.4, 0.5) is 5.69 Å². The van der Waals surface area contributed by atoms with Crippen molar-refractivity contribution < 1.29 is 23.9 Å². The highest BCUT2D eigenvalue weighted by Gasteiger charge is 2.20. The minimum atomic E-state index is -0.278. The highest BCUT2D eigenvalue weighted by atomic mass is 16.7. The molecular weight excluding hydrogens is 326 g/mol. The number of benzene rings is 1. The van der Waals surface area contributed by atoms with Crippen LogP contribution in [-0.2, 0) is 9.59 Å². The second kappa shape index (κ2) is 8.48. The molecule has 2 amide bonds. The van der Waals surface area contributed by atoms with E-state index in [2.05, 4.69) is 10.6 Å². The monoisotopic (exact) mass is 349 g/mol. The zero-order valence-electron chi connectivity index (χ0n) is 14.7. The predicted molar refractivity (Wildman–Crippen MR) is 92.0 cm³/mol. The van der Waals surface area contributed by atoms with Crippen LogP contribution in [0.25, 0.3) is 0 Å². The molecule has 0 unspecified atom stereocenters. The molecule has 1 aromatic rings. The van der Waals surface area contributed by atoms with E-state index < -0.39 is 0 Å². The first-order chi connectivity index (χ1) is 11.9. The van der Waals surface area contributed by atoms with Crippen LogP contribution < -0.4 is 20.1 Å². The van der Waals surface area contributed by atoms with Crippen molar-refractivity contribution in [2.45, 2.75) is 20.3 Å². The number of ketones is 1. The van der Waals surface area contributed by atoms with Gasteiger partial charge < -0.3 is 20.1 Å². The lowest BCUT2D eigenvalue weighted by molar-refractivity contribution is -0.122. The Hall–Kier alpha value is -2.61. The van der Waals surface area contributed by atoms with Crippen LogP contribution >= 0.6 is 0 Å². The molecule has 0 bridgehead atoms. The van der Waals surface area contributed by atoms with Gasteiger partial charge in [-0.05, 0) is 27.0 Å². The summed E-state index contributed by atoms with van der Waals surface area (Å²) >= 11 is 0. The lowest BCUT2D eigenvalue weighted by atomic mass is 10.1. The second-order valence-electron chi connectivity index (χ2n) is 5.80. The molecular formula is C17H23N3O5. The van der Waals surface area contributed by atoms with Gasteiger partial charge in [0.1, 0.15) is 0 Å². The minimum absolute atomic E-state index is 0.0515. The Morgan fingerprint density at radius 2 is 1.84 bits per heavy atom. The Morgan fingerprint density at radius 1 is 1.16 bits per heavy atom. The van der Waals surface area contributed by atoms with Crippen LogP contribution in [0, 0.1) is 0 Å². The molecule has 136 valence electrons. The zero-order valence-corrected chi connectivity index (χ0v) is 14.7. The van der Waals surface area contributed by atoms with Crippen LogP contribution in [0.3, 0.4) is 0 Å². The number of carbonyl (C=O) groups excluding carboxylic acids is 3. The lowest BCUT2D eigenvalue weighted by Gasteiger charge is -2.17. The fourth-order valence-corrected chi connectivity index (χ4v) is 2.43. The first kappa shape index (κ1) is 18.7. The van der Waals surface area contributed by atoms with Gasteiger partial charge in [0.25, 0.3) is 0 Å². The van der Waals surface area contributed by atoms with Crippen molar-refractivity contribution in [1.82, 2.24) is 10.2 Å². The Morgan fingerprint density at radius 3 is 2.48 bits per heavy atom. The smallest absolute Gasteiger partial charge is 0.238 e. The molecule has 0 radical (unpaired) electrons. The summed E-state index contributed by atoms with van der Waals surface area (Å²) in [6.07, 6.45) is 0.320. The zero-order chi connectivity index (χ0) is 18.4. The van der Waals surface area contributed by atoms with Crippen LogP contribution in [0.5, 0.6) is 11.5 Å². The van der Waals surface area contributed by atoms with E-state index in [0.717, 1.165) is 0 Å². The molecule has 1 heterocycles.